The van der Waals surface area contributed by atoms with Gasteiger partial charge in [-0.1, -0.05) is 18.2 Å². The molecule has 2 nitrogen and oxygen atoms in total. The molecule has 3 rings (SSSR count). The third kappa shape index (κ3) is 2.19. The Morgan fingerprint density at radius 2 is 2.16 bits per heavy atom. The molecule has 19 heavy (non-hydrogen) atoms. The van der Waals surface area contributed by atoms with Gasteiger partial charge in [-0.25, -0.2) is 4.39 Å². The molecule has 0 amide bonds. The van der Waals surface area contributed by atoms with Gasteiger partial charge in [0, 0.05) is 22.5 Å². The van der Waals surface area contributed by atoms with Gasteiger partial charge in [0.2, 0.25) is 0 Å². The van der Waals surface area contributed by atoms with Crippen LogP contribution in [0.2, 0.25) is 0 Å². The van der Waals surface area contributed by atoms with Crippen molar-refractivity contribution in [2.45, 2.75) is 38.8 Å². The lowest BCUT2D eigenvalue weighted by Crippen LogP contribution is -2.13. The summed E-state index contributed by atoms with van der Waals surface area (Å²) >= 11 is 0. The number of hydrogen-bond acceptors (Lipinski definition) is 1. The summed E-state index contributed by atoms with van der Waals surface area (Å²) in [5.74, 6) is -0.166. The Hall–Kier alpha value is -1.61. The minimum atomic E-state index is -0.357. The van der Waals surface area contributed by atoms with Crippen LogP contribution < -0.4 is 0 Å². The third-order valence-corrected chi connectivity index (χ3v) is 3.99. The topological polar surface area (TPSA) is 25.2 Å². The zero-order chi connectivity index (χ0) is 13.4. The van der Waals surface area contributed by atoms with Crippen LogP contribution in [0.5, 0.6) is 0 Å². The van der Waals surface area contributed by atoms with Gasteiger partial charge in [0.05, 0.1) is 12.6 Å². The lowest BCUT2D eigenvalue weighted by molar-refractivity contribution is 0.155. The monoisotopic (exact) mass is 259 g/mol. The SMILES string of the molecule is Cc1cc2c(n1Cc1ccccc1F)CCCC2O. The Kier molecular flexibility index (Phi) is 3.15. The van der Waals surface area contributed by atoms with Crippen molar-refractivity contribution in [3.63, 3.8) is 0 Å². The van der Waals surface area contributed by atoms with Gasteiger partial charge < -0.3 is 9.67 Å². The Morgan fingerprint density at radius 3 is 2.95 bits per heavy atom. The van der Waals surface area contributed by atoms with Crippen LogP contribution in [0.4, 0.5) is 4.39 Å². The summed E-state index contributed by atoms with van der Waals surface area (Å²) in [5.41, 5.74) is 3.98. The van der Waals surface area contributed by atoms with Crippen molar-refractivity contribution in [1.82, 2.24) is 4.57 Å². The molecule has 0 saturated carbocycles. The zero-order valence-electron chi connectivity index (χ0n) is 11.1. The van der Waals surface area contributed by atoms with Crippen molar-refractivity contribution in [3.05, 3.63) is 58.7 Å². The fourth-order valence-electron chi connectivity index (χ4n) is 2.96. The first-order chi connectivity index (χ1) is 9.16. The summed E-state index contributed by atoms with van der Waals surface area (Å²) < 4.78 is 15.9. The number of aliphatic hydroxyl groups excluding tert-OH is 1. The second-order valence-electron chi connectivity index (χ2n) is 5.27. The zero-order valence-corrected chi connectivity index (χ0v) is 11.1. The summed E-state index contributed by atoms with van der Waals surface area (Å²) in [7, 11) is 0. The molecular formula is C16H18FNO. The van der Waals surface area contributed by atoms with Gasteiger partial charge >= 0.3 is 0 Å². The van der Waals surface area contributed by atoms with Crippen molar-refractivity contribution in [3.8, 4) is 0 Å². The van der Waals surface area contributed by atoms with Gasteiger partial charge in [-0.3, -0.25) is 0 Å². The van der Waals surface area contributed by atoms with Gasteiger partial charge in [0.1, 0.15) is 5.82 Å². The van der Waals surface area contributed by atoms with Crippen LogP contribution in [0.25, 0.3) is 0 Å². The highest BCUT2D eigenvalue weighted by Gasteiger charge is 2.23. The molecule has 2 aromatic rings. The highest BCUT2D eigenvalue weighted by atomic mass is 19.1. The number of fused-ring (bicyclic) bond motifs is 1. The normalized spacial score (nSPS) is 18.4. The Morgan fingerprint density at radius 1 is 1.37 bits per heavy atom. The number of aromatic nitrogens is 1. The smallest absolute Gasteiger partial charge is 0.128 e. The van der Waals surface area contributed by atoms with Gasteiger partial charge in [-0.15, -0.1) is 0 Å². The fourth-order valence-corrected chi connectivity index (χ4v) is 2.96. The number of rotatable bonds is 2. The minimum Gasteiger partial charge on any atom is -0.388 e. The van der Waals surface area contributed by atoms with E-state index in [9.17, 15) is 9.50 Å². The molecule has 0 saturated heterocycles. The molecule has 1 unspecified atom stereocenters. The van der Waals surface area contributed by atoms with Crippen molar-refractivity contribution in [2.24, 2.45) is 0 Å². The van der Waals surface area contributed by atoms with Crippen LogP contribution in [0.15, 0.2) is 30.3 Å². The number of halogens is 1. The standard InChI is InChI=1S/C16H18FNO/c1-11-9-13-15(7-4-8-16(13)19)18(11)10-12-5-2-3-6-14(12)17/h2-3,5-6,9,16,19H,4,7-8,10H2,1H3. The highest BCUT2D eigenvalue weighted by molar-refractivity contribution is 5.33. The largest absolute Gasteiger partial charge is 0.388 e. The van der Waals surface area contributed by atoms with Gasteiger partial charge in [-0.2, -0.15) is 0 Å². The molecule has 1 aromatic carbocycles. The maximum atomic E-state index is 13.8. The summed E-state index contributed by atoms with van der Waals surface area (Å²) in [5, 5.41) is 10.0. The van der Waals surface area contributed by atoms with Gasteiger partial charge in [-0.05, 0) is 38.3 Å². The highest BCUT2D eigenvalue weighted by Crippen LogP contribution is 2.32. The molecule has 1 aliphatic rings. The molecule has 0 bridgehead atoms. The minimum absolute atomic E-state index is 0.166. The van der Waals surface area contributed by atoms with Crippen molar-refractivity contribution >= 4 is 0 Å². The lowest BCUT2D eigenvalue weighted by atomic mass is 9.95. The molecular weight excluding hydrogens is 241 g/mol. The number of nitrogens with zero attached hydrogens (tertiary/aromatic N) is 1. The first-order valence-electron chi connectivity index (χ1n) is 6.77. The predicted octanol–water partition coefficient (Wildman–Crippen LogP) is 3.35. The number of aliphatic hydroxyl groups is 1. The van der Waals surface area contributed by atoms with E-state index in [1.54, 1.807) is 6.07 Å². The van der Waals surface area contributed by atoms with Crippen molar-refractivity contribution < 1.29 is 9.50 Å². The summed E-state index contributed by atoms with van der Waals surface area (Å²) in [6.45, 7) is 2.56. The van der Waals surface area contributed by atoms with Crippen LogP contribution in [-0.4, -0.2) is 9.67 Å². The average molecular weight is 259 g/mol. The molecule has 0 spiro atoms. The molecule has 3 heteroatoms. The van der Waals surface area contributed by atoms with Gasteiger partial charge in [0.15, 0.2) is 0 Å². The Balaban J connectivity index is 2.00. The number of benzene rings is 1. The first-order valence-corrected chi connectivity index (χ1v) is 6.77. The molecule has 100 valence electrons. The van der Waals surface area contributed by atoms with E-state index in [0.29, 0.717) is 12.1 Å². The third-order valence-electron chi connectivity index (χ3n) is 3.99. The number of aryl methyl sites for hydroxylation is 1. The van der Waals surface area contributed by atoms with E-state index in [4.69, 9.17) is 0 Å². The van der Waals surface area contributed by atoms with E-state index in [1.165, 1.54) is 11.8 Å². The molecule has 1 N–H and O–H groups in total. The van der Waals surface area contributed by atoms with Crippen LogP contribution in [0, 0.1) is 12.7 Å². The molecule has 0 radical (unpaired) electrons. The van der Waals surface area contributed by atoms with Crippen molar-refractivity contribution in [1.29, 1.82) is 0 Å². The van der Waals surface area contributed by atoms with E-state index < -0.39 is 0 Å². The fraction of sp³-hybridized carbons (Fsp3) is 0.375. The van der Waals surface area contributed by atoms with E-state index in [1.807, 2.05) is 25.1 Å². The van der Waals surface area contributed by atoms with Crippen LogP contribution in [0.1, 0.15) is 41.5 Å². The molecule has 1 atom stereocenters. The summed E-state index contributed by atoms with van der Waals surface area (Å²) in [4.78, 5) is 0. The Labute approximate surface area is 112 Å². The summed E-state index contributed by atoms with van der Waals surface area (Å²) in [6.07, 6.45) is 2.43. The first kappa shape index (κ1) is 12.4. The van der Waals surface area contributed by atoms with Crippen molar-refractivity contribution in [2.75, 3.05) is 0 Å². The average Bonchev–Trinajstić information content (AvgIpc) is 2.71. The molecule has 0 fully saturated rings. The van der Waals surface area contributed by atoms with Crippen LogP contribution >= 0.6 is 0 Å². The van der Waals surface area contributed by atoms with Crippen LogP contribution in [-0.2, 0) is 13.0 Å². The Bertz CT molecular complexity index is 603. The second kappa shape index (κ2) is 4.82. The van der Waals surface area contributed by atoms with E-state index >= 15 is 0 Å². The summed E-state index contributed by atoms with van der Waals surface area (Å²) in [6, 6.07) is 8.93. The van der Waals surface area contributed by atoms with Crippen LogP contribution in [0.3, 0.4) is 0 Å². The molecule has 1 aromatic heterocycles. The lowest BCUT2D eigenvalue weighted by Gasteiger charge is -2.20. The molecule has 0 aliphatic heterocycles. The quantitative estimate of drug-likeness (QED) is 0.879. The number of hydrogen-bond donors (Lipinski definition) is 1. The maximum absolute atomic E-state index is 13.8. The molecule has 1 aliphatic carbocycles. The van der Waals surface area contributed by atoms with E-state index in [-0.39, 0.29) is 11.9 Å². The van der Waals surface area contributed by atoms with E-state index in [2.05, 4.69) is 4.57 Å². The van der Waals surface area contributed by atoms with E-state index in [0.717, 1.165) is 30.5 Å². The second-order valence-corrected chi connectivity index (χ2v) is 5.27. The maximum Gasteiger partial charge on any atom is 0.128 e. The predicted molar refractivity (Wildman–Crippen MR) is 72.6 cm³/mol. The van der Waals surface area contributed by atoms with Gasteiger partial charge in [0.25, 0.3) is 0 Å². The molecule has 1 heterocycles.